The fraction of sp³-hybridized carbons (Fsp3) is 0.211. The Labute approximate surface area is 135 Å². The number of rotatable bonds is 5. The van der Waals surface area contributed by atoms with Crippen LogP contribution in [0, 0.1) is 6.92 Å². The third-order valence-electron chi connectivity index (χ3n) is 3.97. The third-order valence-corrected chi connectivity index (χ3v) is 3.97. The molecular weight excluding hydrogens is 288 g/mol. The average molecular weight is 308 g/mol. The molecule has 1 heterocycles. The van der Waals surface area contributed by atoms with Crippen LogP contribution in [-0.2, 0) is 6.42 Å². The van der Waals surface area contributed by atoms with Crippen LogP contribution < -0.4 is 10.1 Å². The van der Waals surface area contributed by atoms with E-state index < -0.39 is 0 Å². The Morgan fingerprint density at radius 1 is 1.17 bits per heavy atom. The lowest BCUT2D eigenvalue weighted by atomic mass is 10.1. The van der Waals surface area contributed by atoms with Gasteiger partial charge in [-0.2, -0.15) is 0 Å². The lowest BCUT2D eigenvalue weighted by Crippen LogP contribution is -2.25. The first kappa shape index (κ1) is 15.2. The lowest BCUT2D eigenvalue weighted by molar-refractivity contribution is 0.0954. The van der Waals surface area contributed by atoms with Gasteiger partial charge in [-0.25, -0.2) is 0 Å². The van der Waals surface area contributed by atoms with Crippen molar-refractivity contribution in [2.24, 2.45) is 0 Å². The van der Waals surface area contributed by atoms with Crippen molar-refractivity contribution in [3.05, 3.63) is 65.4 Å². The van der Waals surface area contributed by atoms with Gasteiger partial charge in [-0.15, -0.1) is 0 Å². The maximum atomic E-state index is 12.1. The number of H-pyrrole nitrogens is 1. The van der Waals surface area contributed by atoms with E-state index in [1.807, 2.05) is 55.6 Å². The normalized spacial score (nSPS) is 10.7. The molecule has 3 aromatic rings. The Morgan fingerprint density at radius 3 is 2.70 bits per heavy atom. The Balaban J connectivity index is 1.62. The number of aromatic amines is 1. The highest BCUT2D eigenvalue weighted by Gasteiger charge is 2.07. The number of carbonyl (C=O) groups excluding carboxylic acids is 1. The molecule has 0 unspecified atom stereocenters. The number of fused-ring (bicyclic) bond motifs is 1. The topological polar surface area (TPSA) is 54.1 Å². The molecular formula is C19H20N2O2. The smallest absolute Gasteiger partial charge is 0.251 e. The predicted octanol–water partition coefficient (Wildman–Crippen LogP) is 3.46. The third kappa shape index (κ3) is 3.37. The minimum absolute atomic E-state index is 0.0356. The molecule has 2 N–H and O–H groups in total. The summed E-state index contributed by atoms with van der Waals surface area (Å²) in [6.45, 7) is 2.61. The van der Waals surface area contributed by atoms with Gasteiger partial charge in [0.1, 0.15) is 5.75 Å². The number of nitrogens with one attached hydrogen (secondary N) is 2. The van der Waals surface area contributed by atoms with Crippen molar-refractivity contribution in [3.8, 4) is 5.75 Å². The van der Waals surface area contributed by atoms with Crippen molar-refractivity contribution in [1.82, 2.24) is 10.3 Å². The van der Waals surface area contributed by atoms with E-state index in [-0.39, 0.29) is 5.91 Å². The van der Waals surface area contributed by atoms with E-state index in [9.17, 15) is 4.79 Å². The van der Waals surface area contributed by atoms with Gasteiger partial charge in [-0.3, -0.25) is 4.79 Å². The predicted molar refractivity (Wildman–Crippen MR) is 92.1 cm³/mol. The molecule has 3 rings (SSSR count). The minimum atomic E-state index is -0.0356. The zero-order chi connectivity index (χ0) is 16.2. The number of amides is 1. The molecule has 4 nitrogen and oxygen atoms in total. The molecule has 4 heteroatoms. The standard InChI is InChI=1S/C19H20N2O2/c1-13-3-5-14(6-4-13)19(22)20-10-9-15-12-21-18-11-16(23-2)7-8-17(15)18/h3-8,11-12,21H,9-10H2,1-2H3,(H,20,22). The Morgan fingerprint density at radius 2 is 1.96 bits per heavy atom. The van der Waals surface area contributed by atoms with Crippen LogP contribution in [0.1, 0.15) is 21.5 Å². The van der Waals surface area contributed by atoms with Gasteiger partial charge in [0.25, 0.3) is 5.91 Å². The molecule has 0 bridgehead atoms. The molecule has 0 aliphatic heterocycles. The number of hydrogen-bond acceptors (Lipinski definition) is 2. The van der Waals surface area contributed by atoms with Crippen molar-refractivity contribution in [2.75, 3.05) is 13.7 Å². The Kier molecular flexibility index (Phi) is 4.33. The van der Waals surface area contributed by atoms with Gasteiger partial charge in [0.2, 0.25) is 0 Å². The number of hydrogen-bond donors (Lipinski definition) is 2. The number of methoxy groups -OCH3 is 1. The summed E-state index contributed by atoms with van der Waals surface area (Å²) >= 11 is 0. The van der Waals surface area contributed by atoms with Crippen molar-refractivity contribution in [2.45, 2.75) is 13.3 Å². The van der Waals surface area contributed by atoms with Gasteiger partial charge >= 0.3 is 0 Å². The second kappa shape index (κ2) is 6.57. The molecule has 0 saturated heterocycles. The van der Waals surface area contributed by atoms with Crippen LogP contribution in [0.5, 0.6) is 5.75 Å². The summed E-state index contributed by atoms with van der Waals surface area (Å²) in [6.07, 6.45) is 2.77. The van der Waals surface area contributed by atoms with E-state index in [0.717, 1.165) is 28.6 Å². The number of benzene rings is 2. The van der Waals surface area contributed by atoms with Crippen LogP contribution in [0.3, 0.4) is 0 Å². The minimum Gasteiger partial charge on any atom is -0.497 e. The van der Waals surface area contributed by atoms with Crippen molar-refractivity contribution in [3.63, 3.8) is 0 Å². The van der Waals surface area contributed by atoms with Gasteiger partial charge < -0.3 is 15.0 Å². The monoisotopic (exact) mass is 308 g/mol. The second-order valence-corrected chi connectivity index (χ2v) is 5.60. The van der Waals surface area contributed by atoms with E-state index in [4.69, 9.17) is 4.74 Å². The van der Waals surface area contributed by atoms with Crippen molar-refractivity contribution >= 4 is 16.8 Å². The number of carbonyl (C=O) groups is 1. The molecule has 1 aromatic heterocycles. The van der Waals surface area contributed by atoms with Crippen molar-refractivity contribution < 1.29 is 9.53 Å². The van der Waals surface area contributed by atoms with E-state index in [1.165, 1.54) is 5.56 Å². The number of ether oxygens (including phenoxy) is 1. The number of aromatic nitrogens is 1. The number of aryl methyl sites for hydroxylation is 1. The molecule has 0 saturated carbocycles. The van der Waals surface area contributed by atoms with Crippen LogP contribution >= 0.6 is 0 Å². The molecule has 23 heavy (non-hydrogen) atoms. The van der Waals surface area contributed by atoms with Crippen LogP contribution in [0.25, 0.3) is 10.9 Å². The molecule has 0 spiro atoms. The Bertz CT molecular complexity index is 819. The highest BCUT2D eigenvalue weighted by atomic mass is 16.5. The quantitative estimate of drug-likeness (QED) is 0.758. The van der Waals surface area contributed by atoms with Crippen LogP contribution in [0.2, 0.25) is 0 Å². The molecule has 0 radical (unpaired) electrons. The summed E-state index contributed by atoms with van der Waals surface area (Å²) in [5, 5.41) is 4.13. The van der Waals surface area contributed by atoms with Crippen molar-refractivity contribution in [1.29, 1.82) is 0 Å². The van der Waals surface area contributed by atoms with Gasteiger partial charge in [0.15, 0.2) is 0 Å². The van der Waals surface area contributed by atoms with Crippen LogP contribution in [-0.4, -0.2) is 24.5 Å². The maximum absolute atomic E-state index is 12.1. The van der Waals surface area contributed by atoms with E-state index in [1.54, 1.807) is 7.11 Å². The molecule has 0 atom stereocenters. The van der Waals surface area contributed by atoms with Gasteiger partial charge in [-0.1, -0.05) is 17.7 Å². The molecule has 2 aromatic carbocycles. The molecule has 1 amide bonds. The maximum Gasteiger partial charge on any atom is 0.251 e. The fourth-order valence-corrected chi connectivity index (χ4v) is 2.62. The van der Waals surface area contributed by atoms with E-state index in [2.05, 4.69) is 10.3 Å². The zero-order valence-electron chi connectivity index (χ0n) is 13.3. The first-order valence-electron chi connectivity index (χ1n) is 7.66. The average Bonchev–Trinajstić information content (AvgIpc) is 2.97. The van der Waals surface area contributed by atoms with E-state index >= 15 is 0 Å². The summed E-state index contributed by atoms with van der Waals surface area (Å²) < 4.78 is 5.22. The lowest BCUT2D eigenvalue weighted by Gasteiger charge is -2.05. The van der Waals surface area contributed by atoms with Crippen LogP contribution in [0.4, 0.5) is 0 Å². The van der Waals surface area contributed by atoms with Crippen LogP contribution in [0.15, 0.2) is 48.7 Å². The first-order valence-corrected chi connectivity index (χ1v) is 7.66. The zero-order valence-corrected chi connectivity index (χ0v) is 13.3. The molecule has 0 fully saturated rings. The first-order chi connectivity index (χ1) is 11.2. The van der Waals surface area contributed by atoms with Gasteiger partial charge in [0, 0.05) is 35.3 Å². The fourth-order valence-electron chi connectivity index (χ4n) is 2.62. The largest absolute Gasteiger partial charge is 0.497 e. The highest BCUT2D eigenvalue weighted by molar-refractivity contribution is 5.94. The van der Waals surface area contributed by atoms with Gasteiger partial charge in [0.05, 0.1) is 7.11 Å². The Hall–Kier alpha value is -2.75. The molecule has 118 valence electrons. The summed E-state index contributed by atoms with van der Waals surface area (Å²) in [5.74, 6) is 0.796. The summed E-state index contributed by atoms with van der Waals surface area (Å²) in [4.78, 5) is 15.3. The van der Waals surface area contributed by atoms with E-state index in [0.29, 0.717) is 12.1 Å². The summed E-state index contributed by atoms with van der Waals surface area (Å²) in [5.41, 5.74) is 4.08. The second-order valence-electron chi connectivity index (χ2n) is 5.60. The summed E-state index contributed by atoms with van der Waals surface area (Å²) in [7, 11) is 1.66. The highest BCUT2D eigenvalue weighted by Crippen LogP contribution is 2.23. The SMILES string of the molecule is COc1ccc2c(CCNC(=O)c3ccc(C)cc3)c[nH]c2c1. The molecule has 0 aliphatic rings. The van der Waals surface area contributed by atoms with Gasteiger partial charge in [-0.05, 0) is 43.2 Å². The molecule has 0 aliphatic carbocycles. The summed E-state index contributed by atoms with van der Waals surface area (Å²) in [6, 6.07) is 13.6.